The third-order valence-electron chi connectivity index (χ3n) is 2.07. The molecule has 3 heteroatoms. The van der Waals surface area contributed by atoms with Crippen molar-refractivity contribution in [2.45, 2.75) is 11.9 Å². The molecule has 13 heavy (non-hydrogen) atoms. The topological polar surface area (TPSA) is 26.3 Å². The van der Waals surface area contributed by atoms with Gasteiger partial charge in [-0.1, -0.05) is 42.1 Å². The highest BCUT2D eigenvalue weighted by Crippen LogP contribution is 2.41. The van der Waals surface area contributed by atoms with Gasteiger partial charge in [0.05, 0.1) is 5.75 Å². The molecule has 0 aromatic heterocycles. The standard InChI is InChI=1S/C10H10O2S/c1-10(12-9(11)7-13-10)8-5-3-2-4-6-8/h2-6H,7H2,1H3. The van der Waals surface area contributed by atoms with Crippen LogP contribution in [0.4, 0.5) is 0 Å². The molecule has 0 spiro atoms. The fourth-order valence-electron chi connectivity index (χ4n) is 1.36. The van der Waals surface area contributed by atoms with Crippen LogP contribution < -0.4 is 0 Å². The molecule has 1 aliphatic rings. The number of ether oxygens (including phenoxy) is 1. The zero-order valence-corrected chi connectivity index (χ0v) is 8.14. The normalized spacial score (nSPS) is 27.3. The number of benzene rings is 1. The quantitative estimate of drug-likeness (QED) is 0.641. The van der Waals surface area contributed by atoms with E-state index in [4.69, 9.17) is 4.74 Å². The molecule has 1 heterocycles. The summed E-state index contributed by atoms with van der Waals surface area (Å²) in [5, 5.41) is 0. The van der Waals surface area contributed by atoms with E-state index in [0.29, 0.717) is 5.75 Å². The predicted octanol–water partition coefficient (Wildman–Crippen LogP) is 2.15. The van der Waals surface area contributed by atoms with E-state index in [1.54, 1.807) is 0 Å². The number of thioether (sulfide) groups is 1. The van der Waals surface area contributed by atoms with Gasteiger partial charge in [0.25, 0.3) is 0 Å². The number of esters is 1. The highest BCUT2D eigenvalue weighted by molar-refractivity contribution is 8.01. The first-order valence-electron chi connectivity index (χ1n) is 4.12. The molecule has 0 bridgehead atoms. The van der Waals surface area contributed by atoms with E-state index in [0.717, 1.165) is 5.56 Å². The van der Waals surface area contributed by atoms with Gasteiger partial charge in [0.2, 0.25) is 0 Å². The second-order valence-corrected chi connectivity index (χ2v) is 4.43. The Hall–Kier alpha value is -0.960. The molecule has 1 atom stereocenters. The van der Waals surface area contributed by atoms with Crippen molar-refractivity contribution in [2.24, 2.45) is 0 Å². The van der Waals surface area contributed by atoms with Crippen molar-refractivity contribution in [1.82, 2.24) is 0 Å². The first-order chi connectivity index (χ1) is 6.21. The van der Waals surface area contributed by atoms with Crippen LogP contribution in [0.5, 0.6) is 0 Å². The highest BCUT2D eigenvalue weighted by atomic mass is 32.2. The second kappa shape index (κ2) is 3.07. The summed E-state index contributed by atoms with van der Waals surface area (Å²) in [7, 11) is 0. The molecule has 2 nitrogen and oxygen atoms in total. The van der Waals surface area contributed by atoms with Crippen LogP contribution in [0.2, 0.25) is 0 Å². The van der Waals surface area contributed by atoms with Gasteiger partial charge in [-0.25, -0.2) is 0 Å². The highest BCUT2D eigenvalue weighted by Gasteiger charge is 2.37. The number of carbonyl (C=O) groups excluding carboxylic acids is 1. The third kappa shape index (κ3) is 1.56. The minimum absolute atomic E-state index is 0.128. The lowest BCUT2D eigenvalue weighted by atomic mass is 10.1. The Kier molecular flexibility index (Phi) is 2.04. The second-order valence-electron chi connectivity index (χ2n) is 3.07. The van der Waals surface area contributed by atoms with Crippen LogP contribution in [0.15, 0.2) is 30.3 Å². The molecule has 1 aromatic rings. The molecular weight excluding hydrogens is 184 g/mol. The predicted molar refractivity (Wildman–Crippen MR) is 52.3 cm³/mol. The van der Waals surface area contributed by atoms with Gasteiger partial charge in [-0.15, -0.1) is 0 Å². The molecule has 2 rings (SSSR count). The Morgan fingerprint density at radius 1 is 1.38 bits per heavy atom. The van der Waals surface area contributed by atoms with Crippen molar-refractivity contribution < 1.29 is 9.53 Å². The van der Waals surface area contributed by atoms with E-state index in [1.807, 2.05) is 37.3 Å². The number of hydrogen-bond donors (Lipinski definition) is 0. The first kappa shape index (κ1) is 8.63. The maximum atomic E-state index is 11.0. The maximum absolute atomic E-state index is 11.0. The molecule has 1 aliphatic heterocycles. The van der Waals surface area contributed by atoms with Crippen molar-refractivity contribution in [3.8, 4) is 0 Å². The van der Waals surface area contributed by atoms with E-state index >= 15 is 0 Å². The van der Waals surface area contributed by atoms with Gasteiger partial charge in [-0.05, 0) is 6.92 Å². The Bertz CT molecular complexity index is 323. The summed E-state index contributed by atoms with van der Waals surface area (Å²) in [6.07, 6.45) is 0. The molecule has 0 N–H and O–H groups in total. The summed E-state index contributed by atoms with van der Waals surface area (Å²) in [6, 6.07) is 9.81. The van der Waals surface area contributed by atoms with Crippen LogP contribution in [0.25, 0.3) is 0 Å². The van der Waals surface area contributed by atoms with Crippen molar-refractivity contribution in [1.29, 1.82) is 0 Å². The molecule has 1 aromatic carbocycles. The third-order valence-corrected chi connectivity index (χ3v) is 3.32. The van der Waals surface area contributed by atoms with Crippen LogP contribution in [-0.4, -0.2) is 11.7 Å². The molecule has 0 amide bonds. The monoisotopic (exact) mass is 194 g/mol. The van der Waals surface area contributed by atoms with Gasteiger partial charge in [-0.2, -0.15) is 0 Å². The largest absolute Gasteiger partial charge is 0.443 e. The van der Waals surface area contributed by atoms with Crippen LogP contribution in [0.3, 0.4) is 0 Å². The van der Waals surface area contributed by atoms with E-state index in [2.05, 4.69) is 0 Å². The van der Waals surface area contributed by atoms with Crippen molar-refractivity contribution in [3.05, 3.63) is 35.9 Å². The Morgan fingerprint density at radius 2 is 2.08 bits per heavy atom. The van der Waals surface area contributed by atoms with Crippen molar-refractivity contribution in [3.63, 3.8) is 0 Å². The van der Waals surface area contributed by atoms with Gasteiger partial charge in [-0.3, -0.25) is 4.79 Å². The number of cyclic esters (lactones) is 1. The maximum Gasteiger partial charge on any atom is 0.317 e. The number of rotatable bonds is 1. The average Bonchev–Trinajstić information content (AvgIpc) is 2.49. The first-order valence-corrected chi connectivity index (χ1v) is 5.11. The fourth-order valence-corrected chi connectivity index (χ4v) is 2.26. The van der Waals surface area contributed by atoms with Crippen molar-refractivity contribution in [2.75, 3.05) is 5.75 Å². The summed E-state index contributed by atoms with van der Waals surface area (Å²) in [6.45, 7) is 1.93. The SMILES string of the molecule is CC1(c2ccccc2)OC(=O)CS1. The number of carbonyl (C=O) groups is 1. The lowest BCUT2D eigenvalue weighted by Gasteiger charge is -2.21. The fraction of sp³-hybridized carbons (Fsp3) is 0.300. The van der Waals surface area contributed by atoms with E-state index < -0.39 is 4.93 Å². The lowest BCUT2D eigenvalue weighted by Crippen LogP contribution is -2.17. The molecule has 1 saturated heterocycles. The van der Waals surface area contributed by atoms with Crippen LogP contribution in [0, 0.1) is 0 Å². The number of hydrogen-bond acceptors (Lipinski definition) is 3. The summed E-state index contributed by atoms with van der Waals surface area (Å²) < 4.78 is 5.26. The van der Waals surface area contributed by atoms with Crippen LogP contribution >= 0.6 is 11.8 Å². The van der Waals surface area contributed by atoms with Gasteiger partial charge in [0.1, 0.15) is 0 Å². The minimum Gasteiger partial charge on any atom is -0.443 e. The van der Waals surface area contributed by atoms with E-state index in [1.165, 1.54) is 11.8 Å². The van der Waals surface area contributed by atoms with Gasteiger partial charge in [0.15, 0.2) is 4.93 Å². The smallest absolute Gasteiger partial charge is 0.317 e. The van der Waals surface area contributed by atoms with Gasteiger partial charge in [0, 0.05) is 5.56 Å². The summed E-state index contributed by atoms with van der Waals surface area (Å²) in [5.74, 6) is 0.321. The minimum atomic E-state index is -0.474. The summed E-state index contributed by atoms with van der Waals surface area (Å²) >= 11 is 1.53. The zero-order chi connectivity index (χ0) is 9.31. The Labute approximate surface area is 81.3 Å². The van der Waals surface area contributed by atoms with Gasteiger partial charge >= 0.3 is 5.97 Å². The van der Waals surface area contributed by atoms with Crippen LogP contribution in [0.1, 0.15) is 12.5 Å². The summed E-state index contributed by atoms with van der Waals surface area (Å²) in [5.41, 5.74) is 1.05. The van der Waals surface area contributed by atoms with Crippen molar-refractivity contribution >= 4 is 17.7 Å². The molecule has 1 unspecified atom stereocenters. The van der Waals surface area contributed by atoms with E-state index in [-0.39, 0.29) is 5.97 Å². The lowest BCUT2D eigenvalue weighted by molar-refractivity contribution is -0.145. The molecule has 0 radical (unpaired) electrons. The van der Waals surface area contributed by atoms with Crippen LogP contribution in [-0.2, 0) is 14.5 Å². The zero-order valence-electron chi connectivity index (χ0n) is 7.32. The Morgan fingerprint density at radius 3 is 2.62 bits per heavy atom. The molecule has 1 fully saturated rings. The molecule has 0 saturated carbocycles. The summed E-state index contributed by atoms with van der Waals surface area (Å²) in [4.78, 5) is 10.5. The van der Waals surface area contributed by atoms with E-state index in [9.17, 15) is 4.79 Å². The average molecular weight is 194 g/mol. The molecule has 0 aliphatic carbocycles. The Balaban J connectivity index is 2.31. The van der Waals surface area contributed by atoms with Gasteiger partial charge < -0.3 is 4.74 Å². The molecular formula is C10H10O2S. The molecule has 68 valence electrons.